The molecule has 1 aromatic carbocycles. The first kappa shape index (κ1) is 17.1. The van der Waals surface area contributed by atoms with Crippen LogP contribution >= 0.6 is 0 Å². The Kier molecular flexibility index (Phi) is 4.76. The zero-order valence-electron chi connectivity index (χ0n) is 13.9. The number of hydrogen-bond donors (Lipinski definition) is 2. The minimum absolute atomic E-state index is 0.0943. The Morgan fingerprint density at radius 1 is 1.29 bits per heavy atom. The van der Waals surface area contributed by atoms with Crippen molar-refractivity contribution < 1.29 is 13.5 Å². The van der Waals surface area contributed by atoms with E-state index in [0.717, 1.165) is 13.0 Å². The van der Waals surface area contributed by atoms with Gasteiger partial charge in [-0.2, -0.15) is 4.31 Å². The van der Waals surface area contributed by atoms with Gasteiger partial charge in [0.25, 0.3) is 0 Å². The fraction of sp³-hybridized carbons (Fsp3) is 0.471. The third kappa shape index (κ3) is 2.99. The molecular formula is C17H23N3O3S. The van der Waals surface area contributed by atoms with Gasteiger partial charge in [-0.3, -0.25) is 0 Å². The van der Waals surface area contributed by atoms with E-state index < -0.39 is 10.0 Å². The summed E-state index contributed by atoms with van der Waals surface area (Å²) in [7, 11) is -3.67. The summed E-state index contributed by atoms with van der Waals surface area (Å²) >= 11 is 0. The quantitative estimate of drug-likeness (QED) is 0.885. The SMILES string of the molecule is CC(C)C1CNCCCN1S(=O)(=O)c1cccc2c(O)nccc12. The van der Waals surface area contributed by atoms with Crippen molar-refractivity contribution in [2.45, 2.75) is 31.2 Å². The number of sulfonamides is 1. The lowest BCUT2D eigenvalue weighted by Crippen LogP contribution is -2.46. The third-order valence-corrected chi connectivity index (χ3v) is 6.54. The highest BCUT2D eigenvalue weighted by Crippen LogP contribution is 2.31. The fourth-order valence-corrected chi connectivity index (χ4v) is 5.26. The number of fused-ring (bicyclic) bond motifs is 1. The van der Waals surface area contributed by atoms with Gasteiger partial charge in [-0.05, 0) is 37.1 Å². The van der Waals surface area contributed by atoms with Crippen LogP contribution in [0.1, 0.15) is 20.3 Å². The van der Waals surface area contributed by atoms with E-state index in [4.69, 9.17) is 0 Å². The summed E-state index contributed by atoms with van der Waals surface area (Å²) in [6, 6.07) is 6.48. The van der Waals surface area contributed by atoms with Gasteiger partial charge in [0.2, 0.25) is 15.9 Å². The largest absolute Gasteiger partial charge is 0.493 e. The number of hydrogen-bond acceptors (Lipinski definition) is 5. The molecule has 3 rings (SSSR count). The van der Waals surface area contributed by atoms with Crippen LogP contribution in [0.4, 0.5) is 0 Å². The standard InChI is InChI=1S/C17H23N3O3S/c1-12(2)15-11-18-8-4-10-20(15)24(22,23)16-6-3-5-14-13(16)7-9-19-17(14)21/h3,5-7,9,12,15,18H,4,8,10-11H2,1-2H3,(H,19,21). The highest BCUT2D eigenvalue weighted by Gasteiger charge is 2.35. The molecule has 1 atom stereocenters. The Balaban J connectivity index is 2.15. The summed E-state index contributed by atoms with van der Waals surface area (Å²) < 4.78 is 28.4. The van der Waals surface area contributed by atoms with Crippen molar-refractivity contribution in [3.63, 3.8) is 0 Å². The van der Waals surface area contributed by atoms with Gasteiger partial charge in [0, 0.05) is 36.1 Å². The normalized spacial score (nSPS) is 20.4. The number of aromatic hydroxyl groups is 1. The van der Waals surface area contributed by atoms with Crippen LogP contribution in [0.2, 0.25) is 0 Å². The smallest absolute Gasteiger partial charge is 0.243 e. The highest BCUT2D eigenvalue weighted by atomic mass is 32.2. The van der Waals surface area contributed by atoms with Crippen LogP contribution in [0, 0.1) is 5.92 Å². The van der Waals surface area contributed by atoms with Gasteiger partial charge < -0.3 is 10.4 Å². The van der Waals surface area contributed by atoms with E-state index in [-0.39, 0.29) is 22.7 Å². The molecule has 1 aliphatic heterocycles. The molecule has 2 aromatic rings. The average Bonchev–Trinajstić information content (AvgIpc) is 2.81. The molecule has 1 aliphatic rings. The molecule has 0 bridgehead atoms. The maximum atomic E-state index is 13.4. The van der Waals surface area contributed by atoms with Crippen LogP contribution in [0.15, 0.2) is 35.4 Å². The van der Waals surface area contributed by atoms with Gasteiger partial charge in [-0.15, -0.1) is 0 Å². The lowest BCUT2D eigenvalue weighted by atomic mass is 10.1. The molecule has 130 valence electrons. The van der Waals surface area contributed by atoms with E-state index in [1.54, 1.807) is 28.6 Å². The number of pyridine rings is 1. The summed E-state index contributed by atoms with van der Waals surface area (Å²) in [5, 5.41) is 14.2. The first-order chi connectivity index (χ1) is 11.4. The minimum Gasteiger partial charge on any atom is -0.493 e. The van der Waals surface area contributed by atoms with E-state index in [1.807, 2.05) is 13.8 Å². The van der Waals surface area contributed by atoms with Crippen LogP contribution < -0.4 is 5.32 Å². The predicted octanol–water partition coefficient (Wildman–Crippen LogP) is 1.95. The lowest BCUT2D eigenvalue weighted by Gasteiger charge is -2.32. The Hall–Kier alpha value is -1.70. The molecule has 0 spiro atoms. The van der Waals surface area contributed by atoms with Gasteiger partial charge in [-0.1, -0.05) is 19.9 Å². The number of aromatic nitrogens is 1. The first-order valence-electron chi connectivity index (χ1n) is 8.22. The monoisotopic (exact) mass is 349 g/mol. The van der Waals surface area contributed by atoms with Gasteiger partial charge in [0.15, 0.2) is 0 Å². The zero-order valence-corrected chi connectivity index (χ0v) is 14.8. The van der Waals surface area contributed by atoms with E-state index in [2.05, 4.69) is 10.3 Å². The van der Waals surface area contributed by atoms with Crippen LogP contribution in [-0.4, -0.2) is 48.5 Å². The fourth-order valence-electron chi connectivity index (χ4n) is 3.26. The van der Waals surface area contributed by atoms with Gasteiger partial charge in [0.1, 0.15) is 0 Å². The molecule has 1 aromatic heterocycles. The highest BCUT2D eigenvalue weighted by molar-refractivity contribution is 7.89. The molecule has 0 radical (unpaired) electrons. The van der Waals surface area contributed by atoms with Crippen molar-refractivity contribution in [3.8, 4) is 5.88 Å². The lowest BCUT2D eigenvalue weighted by molar-refractivity contribution is 0.271. The van der Waals surface area contributed by atoms with Gasteiger partial charge in [0.05, 0.1) is 4.90 Å². The third-order valence-electron chi connectivity index (χ3n) is 4.56. The Morgan fingerprint density at radius 2 is 2.08 bits per heavy atom. The molecule has 0 amide bonds. The Bertz CT molecular complexity index is 836. The second-order valence-electron chi connectivity index (χ2n) is 6.47. The van der Waals surface area contributed by atoms with E-state index in [9.17, 15) is 13.5 Å². The number of benzene rings is 1. The second-order valence-corrected chi connectivity index (χ2v) is 8.33. The molecule has 2 N–H and O–H groups in total. The Morgan fingerprint density at radius 3 is 2.83 bits per heavy atom. The molecule has 0 aliphatic carbocycles. The molecule has 6 nitrogen and oxygen atoms in total. The van der Waals surface area contributed by atoms with Crippen molar-refractivity contribution in [1.29, 1.82) is 0 Å². The van der Waals surface area contributed by atoms with Gasteiger partial charge in [-0.25, -0.2) is 13.4 Å². The summed E-state index contributed by atoms with van der Waals surface area (Å²) in [5.74, 6) is 0.0536. The molecule has 0 saturated carbocycles. The minimum atomic E-state index is -3.67. The summed E-state index contributed by atoms with van der Waals surface area (Å²) in [6.45, 7) is 6.04. The predicted molar refractivity (Wildman–Crippen MR) is 93.4 cm³/mol. The van der Waals surface area contributed by atoms with Crippen molar-refractivity contribution in [1.82, 2.24) is 14.6 Å². The van der Waals surface area contributed by atoms with Crippen molar-refractivity contribution in [3.05, 3.63) is 30.5 Å². The maximum Gasteiger partial charge on any atom is 0.243 e. The van der Waals surface area contributed by atoms with E-state index in [0.29, 0.717) is 23.9 Å². The van der Waals surface area contributed by atoms with Crippen molar-refractivity contribution >= 4 is 20.8 Å². The second kappa shape index (κ2) is 6.66. The summed E-state index contributed by atoms with van der Waals surface area (Å²) in [6.07, 6.45) is 2.21. The van der Waals surface area contributed by atoms with Crippen LogP contribution in [0.5, 0.6) is 5.88 Å². The van der Waals surface area contributed by atoms with E-state index in [1.165, 1.54) is 6.20 Å². The van der Waals surface area contributed by atoms with Crippen LogP contribution in [0.3, 0.4) is 0 Å². The topological polar surface area (TPSA) is 82.5 Å². The molecule has 7 heteroatoms. The summed E-state index contributed by atoms with van der Waals surface area (Å²) in [5.41, 5.74) is 0. The summed E-state index contributed by atoms with van der Waals surface area (Å²) in [4.78, 5) is 4.07. The van der Waals surface area contributed by atoms with Gasteiger partial charge >= 0.3 is 0 Å². The first-order valence-corrected chi connectivity index (χ1v) is 9.66. The van der Waals surface area contributed by atoms with Crippen molar-refractivity contribution in [2.75, 3.05) is 19.6 Å². The van der Waals surface area contributed by atoms with Crippen LogP contribution in [0.25, 0.3) is 10.8 Å². The molecule has 24 heavy (non-hydrogen) atoms. The van der Waals surface area contributed by atoms with E-state index >= 15 is 0 Å². The average molecular weight is 349 g/mol. The Labute approximate surface area is 142 Å². The number of nitrogens with one attached hydrogen (secondary N) is 1. The molecule has 1 saturated heterocycles. The molecule has 2 heterocycles. The zero-order chi connectivity index (χ0) is 17.3. The van der Waals surface area contributed by atoms with Crippen LogP contribution in [-0.2, 0) is 10.0 Å². The molecular weight excluding hydrogens is 326 g/mol. The number of nitrogens with zero attached hydrogens (tertiary/aromatic N) is 2. The maximum absolute atomic E-state index is 13.4. The van der Waals surface area contributed by atoms with Crippen molar-refractivity contribution in [2.24, 2.45) is 5.92 Å². The molecule has 1 fully saturated rings. The number of rotatable bonds is 3. The molecule has 1 unspecified atom stereocenters.